The number of carboxylic acid groups (broad SMARTS) is 1. The molecule has 0 saturated carbocycles. The minimum absolute atomic E-state index is 0.237. The second-order valence-corrected chi connectivity index (χ2v) is 5.44. The van der Waals surface area contributed by atoms with Crippen molar-refractivity contribution in [1.29, 1.82) is 0 Å². The zero-order valence-corrected chi connectivity index (χ0v) is 11.0. The van der Waals surface area contributed by atoms with Crippen LogP contribution in [0.3, 0.4) is 0 Å². The van der Waals surface area contributed by atoms with Crippen molar-refractivity contribution in [3.8, 4) is 0 Å². The molecule has 1 saturated heterocycles. The minimum Gasteiger partial charge on any atom is -0.479 e. The fourth-order valence-corrected chi connectivity index (χ4v) is 2.58. The lowest BCUT2D eigenvalue weighted by Gasteiger charge is -2.27. The van der Waals surface area contributed by atoms with E-state index in [4.69, 9.17) is 5.11 Å². The van der Waals surface area contributed by atoms with Gasteiger partial charge < -0.3 is 10.2 Å². The summed E-state index contributed by atoms with van der Waals surface area (Å²) in [5, 5.41) is 18.7. The van der Waals surface area contributed by atoms with E-state index in [2.05, 4.69) is 11.8 Å². The van der Waals surface area contributed by atoms with E-state index in [1.54, 1.807) is 0 Å². The van der Waals surface area contributed by atoms with Gasteiger partial charge in [0.05, 0.1) is 0 Å². The molecule has 17 heavy (non-hydrogen) atoms. The molecule has 0 bridgehead atoms. The highest BCUT2D eigenvalue weighted by Crippen LogP contribution is 2.22. The van der Waals surface area contributed by atoms with Gasteiger partial charge in [0.2, 0.25) is 0 Å². The fourth-order valence-electron chi connectivity index (χ4n) is 2.58. The van der Waals surface area contributed by atoms with Crippen LogP contribution in [0.2, 0.25) is 0 Å². The normalized spacial score (nSPS) is 26.2. The molecule has 0 aromatic rings. The number of nitrogens with zero attached hydrogens (tertiary/aromatic N) is 1. The number of rotatable bonds is 5. The number of likely N-dealkylation sites (tertiary alicyclic amines) is 1. The van der Waals surface area contributed by atoms with E-state index in [1.807, 2.05) is 0 Å². The first-order chi connectivity index (χ1) is 7.95. The maximum atomic E-state index is 10.9. The molecule has 1 aliphatic heterocycles. The van der Waals surface area contributed by atoms with Gasteiger partial charge in [0.15, 0.2) is 5.60 Å². The zero-order chi connectivity index (χ0) is 12.9. The van der Waals surface area contributed by atoms with Gasteiger partial charge in [-0.2, -0.15) is 0 Å². The second-order valence-electron chi connectivity index (χ2n) is 5.44. The van der Waals surface area contributed by atoms with E-state index in [0.29, 0.717) is 0 Å². The zero-order valence-electron chi connectivity index (χ0n) is 11.0. The Morgan fingerprint density at radius 1 is 1.41 bits per heavy atom. The Morgan fingerprint density at radius 2 is 2.12 bits per heavy atom. The summed E-state index contributed by atoms with van der Waals surface area (Å²) < 4.78 is 0. The monoisotopic (exact) mass is 243 g/mol. The van der Waals surface area contributed by atoms with Crippen molar-refractivity contribution >= 4 is 5.97 Å². The van der Waals surface area contributed by atoms with Crippen molar-refractivity contribution in [2.75, 3.05) is 19.6 Å². The van der Waals surface area contributed by atoms with Gasteiger partial charge in [-0.15, -0.1) is 0 Å². The van der Waals surface area contributed by atoms with Crippen molar-refractivity contribution in [3.05, 3.63) is 0 Å². The van der Waals surface area contributed by atoms with Gasteiger partial charge in [0, 0.05) is 6.54 Å². The summed E-state index contributed by atoms with van der Waals surface area (Å²) in [6.45, 7) is 5.64. The van der Waals surface area contributed by atoms with Gasteiger partial charge in [0.1, 0.15) is 0 Å². The molecule has 0 aromatic heterocycles. The van der Waals surface area contributed by atoms with Crippen LogP contribution in [0.25, 0.3) is 0 Å². The van der Waals surface area contributed by atoms with Crippen LogP contribution in [0.15, 0.2) is 0 Å². The van der Waals surface area contributed by atoms with Gasteiger partial charge in [-0.1, -0.05) is 19.8 Å². The van der Waals surface area contributed by atoms with E-state index in [9.17, 15) is 9.90 Å². The molecule has 1 fully saturated rings. The Kier molecular flexibility index (Phi) is 5.40. The van der Waals surface area contributed by atoms with Crippen molar-refractivity contribution in [2.45, 2.75) is 51.6 Å². The van der Waals surface area contributed by atoms with E-state index in [-0.39, 0.29) is 6.54 Å². The Labute approximate surface area is 104 Å². The molecule has 0 amide bonds. The smallest absolute Gasteiger partial charge is 0.336 e. The molecule has 0 aliphatic carbocycles. The average Bonchev–Trinajstić information content (AvgIpc) is 2.44. The first kappa shape index (κ1) is 14.5. The minimum atomic E-state index is -1.62. The van der Waals surface area contributed by atoms with Crippen LogP contribution >= 0.6 is 0 Å². The maximum Gasteiger partial charge on any atom is 0.336 e. The van der Waals surface area contributed by atoms with Crippen LogP contribution in [0.5, 0.6) is 0 Å². The molecule has 0 spiro atoms. The standard InChI is InChI=1S/C13H25NO3/c1-3-5-11-6-4-8-14(9-7-11)10-13(2,17)12(15)16/h11,17H,3-10H2,1-2H3,(H,15,16). The number of aliphatic carboxylic acids is 1. The molecular weight excluding hydrogens is 218 g/mol. The third kappa shape index (κ3) is 4.64. The van der Waals surface area contributed by atoms with Crippen LogP contribution in [0.1, 0.15) is 46.0 Å². The molecule has 0 radical (unpaired) electrons. The van der Waals surface area contributed by atoms with E-state index < -0.39 is 11.6 Å². The molecule has 2 atom stereocenters. The lowest BCUT2D eigenvalue weighted by atomic mass is 9.96. The highest BCUT2D eigenvalue weighted by atomic mass is 16.4. The summed E-state index contributed by atoms with van der Waals surface area (Å²) in [5.74, 6) is -0.355. The first-order valence-electron chi connectivity index (χ1n) is 6.64. The number of carboxylic acids is 1. The number of β-amino-alcohol motifs (C(OH)–C–C–N with tert-alkyl or cyclic N) is 1. The van der Waals surface area contributed by atoms with Crippen molar-refractivity contribution in [3.63, 3.8) is 0 Å². The van der Waals surface area contributed by atoms with Crippen molar-refractivity contribution in [2.24, 2.45) is 5.92 Å². The first-order valence-corrected chi connectivity index (χ1v) is 6.64. The number of aliphatic hydroxyl groups is 1. The lowest BCUT2D eigenvalue weighted by Crippen LogP contribution is -2.47. The summed E-state index contributed by atoms with van der Waals surface area (Å²) in [5.41, 5.74) is -1.62. The molecule has 2 unspecified atom stereocenters. The Morgan fingerprint density at radius 3 is 2.71 bits per heavy atom. The predicted molar refractivity (Wildman–Crippen MR) is 66.9 cm³/mol. The van der Waals surface area contributed by atoms with E-state index in [0.717, 1.165) is 31.8 Å². The molecule has 4 heteroatoms. The molecule has 1 heterocycles. The highest BCUT2D eigenvalue weighted by molar-refractivity contribution is 5.76. The van der Waals surface area contributed by atoms with Crippen LogP contribution in [-0.4, -0.2) is 46.3 Å². The molecule has 100 valence electrons. The number of hydrogen-bond acceptors (Lipinski definition) is 3. The summed E-state index contributed by atoms with van der Waals surface area (Å²) in [7, 11) is 0. The highest BCUT2D eigenvalue weighted by Gasteiger charge is 2.32. The average molecular weight is 243 g/mol. The van der Waals surface area contributed by atoms with Gasteiger partial charge in [-0.3, -0.25) is 4.90 Å². The Balaban J connectivity index is 2.44. The van der Waals surface area contributed by atoms with Crippen LogP contribution in [0.4, 0.5) is 0 Å². The summed E-state index contributed by atoms with van der Waals surface area (Å²) in [4.78, 5) is 13.0. The Hall–Kier alpha value is -0.610. The molecule has 1 rings (SSSR count). The van der Waals surface area contributed by atoms with Crippen LogP contribution in [0, 0.1) is 5.92 Å². The third-order valence-corrected chi connectivity index (χ3v) is 3.63. The third-order valence-electron chi connectivity index (χ3n) is 3.63. The van der Waals surface area contributed by atoms with Gasteiger partial charge in [-0.05, 0) is 45.2 Å². The van der Waals surface area contributed by atoms with Gasteiger partial charge >= 0.3 is 5.97 Å². The fraction of sp³-hybridized carbons (Fsp3) is 0.923. The molecular formula is C13H25NO3. The van der Waals surface area contributed by atoms with Crippen molar-refractivity contribution < 1.29 is 15.0 Å². The molecule has 2 N–H and O–H groups in total. The SMILES string of the molecule is CCCC1CCCN(CC(C)(O)C(=O)O)CC1. The van der Waals surface area contributed by atoms with Crippen LogP contribution in [-0.2, 0) is 4.79 Å². The van der Waals surface area contributed by atoms with Crippen molar-refractivity contribution in [1.82, 2.24) is 4.90 Å². The molecule has 0 aromatic carbocycles. The summed E-state index contributed by atoms with van der Waals surface area (Å²) in [6, 6.07) is 0. The van der Waals surface area contributed by atoms with Crippen LogP contribution < -0.4 is 0 Å². The van der Waals surface area contributed by atoms with E-state index in [1.165, 1.54) is 26.2 Å². The topological polar surface area (TPSA) is 60.8 Å². The predicted octanol–water partition coefficient (Wildman–Crippen LogP) is 1.72. The molecule has 4 nitrogen and oxygen atoms in total. The summed E-state index contributed by atoms with van der Waals surface area (Å²) in [6.07, 6.45) is 5.96. The largest absolute Gasteiger partial charge is 0.479 e. The van der Waals surface area contributed by atoms with Gasteiger partial charge in [-0.25, -0.2) is 4.79 Å². The van der Waals surface area contributed by atoms with Gasteiger partial charge in [0.25, 0.3) is 0 Å². The number of carbonyl (C=O) groups is 1. The molecule has 1 aliphatic rings. The second kappa shape index (κ2) is 6.36. The summed E-state index contributed by atoms with van der Waals surface area (Å²) >= 11 is 0. The number of hydrogen-bond donors (Lipinski definition) is 2. The lowest BCUT2D eigenvalue weighted by molar-refractivity contribution is -0.158. The maximum absolute atomic E-state index is 10.9. The van der Waals surface area contributed by atoms with E-state index >= 15 is 0 Å². The Bertz CT molecular complexity index is 253. The quantitative estimate of drug-likeness (QED) is 0.772.